The molecule has 0 saturated heterocycles. The van der Waals surface area contributed by atoms with E-state index >= 15 is 0 Å². The van der Waals surface area contributed by atoms with Crippen molar-refractivity contribution in [1.82, 2.24) is 9.97 Å². The topological polar surface area (TPSA) is 82.6 Å². The molecule has 0 spiro atoms. The van der Waals surface area contributed by atoms with E-state index in [1.165, 1.54) is 44.9 Å². The zero-order chi connectivity index (χ0) is 22.7. The van der Waals surface area contributed by atoms with E-state index in [1.54, 1.807) is 18.2 Å². The second-order valence-corrected chi connectivity index (χ2v) is 6.59. The van der Waals surface area contributed by atoms with Crippen LogP contribution in [-0.4, -0.2) is 30.1 Å². The largest absolute Gasteiger partial charge is 0.497 e. The molecule has 0 saturated carbocycles. The number of anilines is 1. The van der Waals surface area contributed by atoms with Crippen LogP contribution in [0.5, 0.6) is 23.0 Å². The highest BCUT2D eigenvalue weighted by atomic mass is 19.1. The van der Waals surface area contributed by atoms with Crippen molar-refractivity contribution in [2.24, 2.45) is 0 Å². The number of rotatable bonds is 6. The fourth-order valence-electron chi connectivity index (χ4n) is 3.09. The van der Waals surface area contributed by atoms with Crippen molar-refractivity contribution >= 4 is 22.5 Å². The zero-order valence-corrected chi connectivity index (χ0v) is 17.1. The van der Waals surface area contributed by atoms with Crippen LogP contribution in [-0.2, 0) is 0 Å². The molecule has 0 fully saturated rings. The average molecular weight is 437 g/mol. The number of carbonyl (C=O) groups excluding carboxylic acids is 1. The molecule has 1 N–H and O–H groups in total. The second kappa shape index (κ2) is 8.84. The fourth-order valence-corrected chi connectivity index (χ4v) is 3.09. The minimum Gasteiger partial charge on any atom is -0.497 e. The van der Waals surface area contributed by atoms with Gasteiger partial charge in [0.05, 0.1) is 25.3 Å². The van der Waals surface area contributed by atoms with Crippen LogP contribution < -0.4 is 19.5 Å². The number of carbonyl (C=O) groups is 1. The van der Waals surface area contributed by atoms with Crippen molar-refractivity contribution in [3.63, 3.8) is 0 Å². The van der Waals surface area contributed by atoms with Crippen molar-refractivity contribution in [3.05, 3.63) is 78.3 Å². The Morgan fingerprint density at radius 2 is 1.69 bits per heavy atom. The molecular weight excluding hydrogens is 420 g/mol. The van der Waals surface area contributed by atoms with E-state index in [0.717, 1.165) is 12.1 Å². The van der Waals surface area contributed by atoms with Gasteiger partial charge in [0.15, 0.2) is 17.4 Å². The molecule has 4 rings (SSSR count). The highest BCUT2D eigenvalue weighted by Crippen LogP contribution is 2.34. The van der Waals surface area contributed by atoms with Crippen LogP contribution in [0.3, 0.4) is 0 Å². The highest BCUT2D eigenvalue weighted by Gasteiger charge is 2.18. The van der Waals surface area contributed by atoms with Crippen molar-refractivity contribution in [3.8, 4) is 23.0 Å². The summed E-state index contributed by atoms with van der Waals surface area (Å²) in [5.41, 5.74) is 0.569. The van der Waals surface area contributed by atoms with Gasteiger partial charge < -0.3 is 19.5 Å². The molecule has 0 unspecified atom stereocenters. The van der Waals surface area contributed by atoms with Crippen LogP contribution in [0.4, 0.5) is 14.5 Å². The van der Waals surface area contributed by atoms with Crippen LogP contribution in [0.2, 0.25) is 0 Å². The smallest absolute Gasteiger partial charge is 0.261 e. The van der Waals surface area contributed by atoms with E-state index in [4.69, 9.17) is 14.2 Å². The average Bonchev–Trinajstić information content (AvgIpc) is 2.81. The molecule has 4 aromatic rings. The Morgan fingerprint density at radius 1 is 0.938 bits per heavy atom. The van der Waals surface area contributed by atoms with Gasteiger partial charge in [0.2, 0.25) is 0 Å². The lowest BCUT2D eigenvalue weighted by Gasteiger charge is -2.13. The first-order valence-electron chi connectivity index (χ1n) is 9.39. The maximum atomic E-state index is 14.7. The number of aromatic nitrogens is 2. The number of hydrogen-bond donors (Lipinski definition) is 1. The lowest BCUT2D eigenvalue weighted by atomic mass is 10.2. The fraction of sp³-hybridized carbons (Fsp3) is 0.0870. The monoisotopic (exact) mass is 437 g/mol. The predicted octanol–water partition coefficient (Wildman–Crippen LogP) is 4.97. The molecule has 0 aliphatic rings. The molecule has 9 heteroatoms. The number of halogens is 2. The molecule has 1 amide bonds. The summed E-state index contributed by atoms with van der Waals surface area (Å²) in [5.74, 6) is -2.13. The summed E-state index contributed by atoms with van der Waals surface area (Å²) in [5, 5.41) is 2.98. The van der Waals surface area contributed by atoms with Gasteiger partial charge in [-0.15, -0.1) is 0 Å². The van der Waals surface area contributed by atoms with Crippen LogP contribution in [0.15, 0.2) is 61.1 Å². The number of fused-ring (bicyclic) bond motifs is 1. The molecule has 0 aliphatic carbocycles. The second-order valence-electron chi connectivity index (χ2n) is 6.59. The number of amides is 1. The predicted molar refractivity (Wildman–Crippen MR) is 113 cm³/mol. The van der Waals surface area contributed by atoms with Gasteiger partial charge in [-0.25, -0.2) is 8.78 Å². The number of pyridine rings is 2. The number of nitrogens with one attached hydrogen (secondary N) is 1. The number of nitrogens with zero attached hydrogens (tertiary/aromatic N) is 2. The highest BCUT2D eigenvalue weighted by molar-refractivity contribution is 6.06. The molecule has 7 nitrogen and oxygen atoms in total. The maximum Gasteiger partial charge on any atom is 0.261 e. The van der Waals surface area contributed by atoms with E-state index in [2.05, 4.69) is 15.3 Å². The number of ether oxygens (including phenoxy) is 3. The molecule has 2 aromatic heterocycles. The Balaban J connectivity index is 1.61. The molecule has 2 heterocycles. The Kier molecular flexibility index (Phi) is 5.80. The zero-order valence-electron chi connectivity index (χ0n) is 17.1. The lowest BCUT2D eigenvalue weighted by Crippen LogP contribution is -2.14. The third-order valence-corrected chi connectivity index (χ3v) is 4.62. The van der Waals surface area contributed by atoms with E-state index in [0.29, 0.717) is 16.7 Å². The summed E-state index contributed by atoms with van der Waals surface area (Å²) in [7, 11) is 2.92. The SMILES string of the molecule is COc1ccc2c(Oc3c(F)cc(NC(=O)c4cnccc4OC)cc3F)ccnc2c1. The van der Waals surface area contributed by atoms with E-state index < -0.39 is 23.3 Å². The number of methoxy groups -OCH3 is 2. The third-order valence-electron chi connectivity index (χ3n) is 4.62. The van der Waals surface area contributed by atoms with E-state index in [1.807, 2.05) is 0 Å². The molecule has 162 valence electrons. The van der Waals surface area contributed by atoms with Gasteiger partial charge in [0.1, 0.15) is 17.2 Å². The Bertz CT molecular complexity index is 1290. The van der Waals surface area contributed by atoms with Crippen molar-refractivity contribution in [1.29, 1.82) is 0 Å². The first kappa shape index (κ1) is 21.0. The van der Waals surface area contributed by atoms with E-state index in [-0.39, 0.29) is 22.7 Å². The summed E-state index contributed by atoms with van der Waals surface area (Å²) in [6, 6.07) is 9.98. The summed E-state index contributed by atoms with van der Waals surface area (Å²) in [6.45, 7) is 0. The van der Waals surface area contributed by atoms with E-state index in [9.17, 15) is 13.6 Å². The Morgan fingerprint density at radius 3 is 2.41 bits per heavy atom. The first-order valence-corrected chi connectivity index (χ1v) is 9.39. The van der Waals surface area contributed by atoms with Gasteiger partial charge in [-0.2, -0.15) is 0 Å². The van der Waals surface area contributed by atoms with Gasteiger partial charge in [0, 0.05) is 47.9 Å². The number of hydrogen-bond acceptors (Lipinski definition) is 6. The molecular formula is C23H17F2N3O4. The standard InChI is InChI=1S/C23H17F2N3O4/c1-30-14-3-4-15-19(11-14)27-8-6-21(15)32-22-17(24)9-13(10-18(22)25)28-23(29)16-12-26-7-5-20(16)31-2/h3-12H,1-2H3,(H,28,29). The summed E-state index contributed by atoms with van der Waals surface area (Å²) in [4.78, 5) is 20.5. The molecule has 32 heavy (non-hydrogen) atoms. The van der Waals surface area contributed by atoms with Crippen LogP contribution in [0.1, 0.15) is 10.4 Å². The maximum absolute atomic E-state index is 14.7. The minimum atomic E-state index is -0.989. The van der Waals surface area contributed by atoms with Crippen LogP contribution in [0, 0.1) is 11.6 Å². The van der Waals surface area contributed by atoms with Crippen LogP contribution in [0.25, 0.3) is 10.9 Å². The summed E-state index contributed by atoms with van der Waals surface area (Å²) < 4.78 is 45.3. The number of benzene rings is 2. The lowest BCUT2D eigenvalue weighted by molar-refractivity contribution is 0.102. The Hall–Kier alpha value is -4.27. The molecule has 0 bridgehead atoms. The molecule has 0 radical (unpaired) electrons. The van der Waals surface area contributed by atoms with Crippen molar-refractivity contribution in [2.75, 3.05) is 19.5 Å². The normalized spacial score (nSPS) is 10.6. The van der Waals surface area contributed by atoms with Crippen LogP contribution >= 0.6 is 0 Å². The van der Waals surface area contributed by atoms with Gasteiger partial charge in [-0.1, -0.05) is 0 Å². The quantitative estimate of drug-likeness (QED) is 0.459. The first-order chi connectivity index (χ1) is 15.5. The van der Waals surface area contributed by atoms with Crippen molar-refractivity contribution < 1.29 is 27.8 Å². The van der Waals surface area contributed by atoms with Gasteiger partial charge >= 0.3 is 0 Å². The molecule has 0 atom stereocenters. The summed E-state index contributed by atoms with van der Waals surface area (Å²) in [6.07, 6.45) is 4.21. The van der Waals surface area contributed by atoms with Crippen molar-refractivity contribution in [2.45, 2.75) is 0 Å². The minimum absolute atomic E-state index is 0.0902. The van der Waals surface area contributed by atoms with Gasteiger partial charge in [0.25, 0.3) is 5.91 Å². The van der Waals surface area contributed by atoms with Gasteiger partial charge in [-0.05, 0) is 24.3 Å². The molecule has 2 aromatic carbocycles. The third kappa shape index (κ3) is 4.13. The Labute approximate surface area is 181 Å². The summed E-state index contributed by atoms with van der Waals surface area (Å²) >= 11 is 0. The molecule has 0 aliphatic heterocycles. The van der Waals surface area contributed by atoms with Gasteiger partial charge in [-0.3, -0.25) is 14.8 Å².